The van der Waals surface area contributed by atoms with Crippen LogP contribution in [0.3, 0.4) is 0 Å². The van der Waals surface area contributed by atoms with E-state index in [1.807, 2.05) is 23.8 Å². The second-order valence-corrected chi connectivity index (χ2v) is 6.94. The van der Waals surface area contributed by atoms with E-state index < -0.39 is 10.0 Å². The highest BCUT2D eigenvalue weighted by molar-refractivity contribution is 7.89. The van der Waals surface area contributed by atoms with Gasteiger partial charge in [0.05, 0.1) is 13.7 Å². The fraction of sp³-hybridized carbons (Fsp3) is 0.357. The van der Waals surface area contributed by atoms with Crippen molar-refractivity contribution in [3.05, 3.63) is 42.0 Å². The molecule has 21 heavy (non-hydrogen) atoms. The van der Waals surface area contributed by atoms with Gasteiger partial charge < -0.3 is 9.30 Å². The molecule has 1 aromatic heterocycles. The smallest absolute Gasteiger partial charge is 0.247 e. The van der Waals surface area contributed by atoms with Crippen LogP contribution in [0.2, 0.25) is 0 Å². The summed E-state index contributed by atoms with van der Waals surface area (Å²) in [6.07, 6.45) is 3.56. The molecule has 0 fully saturated rings. The first kappa shape index (κ1) is 14.1. The average Bonchev–Trinajstić information content (AvgIpc) is 2.94. The maximum atomic E-state index is 12.9. The second kappa shape index (κ2) is 5.16. The van der Waals surface area contributed by atoms with Crippen LogP contribution in [0.1, 0.15) is 11.4 Å². The lowest BCUT2D eigenvalue weighted by molar-refractivity contribution is 0.332. The molecule has 2 heterocycles. The van der Waals surface area contributed by atoms with Crippen LogP contribution in [0.5, 0.6) is 5.75 Å². The molecule has 1 aromatic carbocycles. The highest BCUT2D eigenvalue weighted by Crippen LogP contribution is 2.29. The van der Waals surface area contributed by atoms with Crippen molar-refractivity contribution in [2.75, 3.05) is 13.7 Å². The van der Waals surface area contributed by atoms with Gasteiger partial charge in [0.15, 0.2) is 0 Å². The number of ether oxygens (including phenoxy) is 1. The number of imidazole rings is 1. The second-order valence-electron chi connectivity index (χ2n) is 5.03. The van der Waals surface area contributed by atoms with Gasteiger partial charge in [0.1, 0.15) is 16.5 Å². The number of hydrogen-bond acceptors (Lipinski definition) is 4. The molecule has 0 aliphatic carbocycles. The van der Waals surface area contributed by atoms with Gasteiger partial charge in [-0.15, -0.1) is 0 Å². The zero-order valence-electron chi connectivity index (χ0n) is 12.0. The zero-order valence-corrected chi connectivity index (χ0v) is 12.8. The Kier molecular flexibility index (Phi) is 3.46. The highest BCUT2D eigenvalue weighted by atomic mass is 32.2. The van der Waals surface area contributed by atoms with Crippen molar-refractivity contribution >= 4 is 10.0 Å². The third-order valence-corrected chi connectivity index (χ3v) is 5.51. The molecular formula is C14H17N3O3S. The Morgan fingerprint density at radius 1 is 1.29 bits per heavy atom. The van der Waals surface area contributed by atoms with Crippen LogP contribution in [0.15, 0.2) is 35.5 Å². The fourth-order valence-electron chi connectivity index (χ4n) is 2.48. The van der Waals surface area contributed by atoms with Gasteiger partial charge in [-0.1, -0.05) is 6.07 Å². The summed E-state index contributed by atoms with van der Waals surface area (Å²) in [6.45, 7) is 3.19. The predicted octanol–water partition coefficient (Wildman–Crippen LogP) is 1.40. The van der Waals surface area contributed by atoms with Gasteiger partial charge in [0, 0.05) is 25.5 Å². The average molecular weight is 307 g/mol. The van der Waals surface area contributed by atoms with E-state index in [0.717, 1.165) is 11.4 Å². The van der Waals surface area contributed by atoms with Gasteiger partial charge in [-0.2, -0.15) is 4.31 Å². The van der Waals surface area contributed by atoms with Crippen molar-refractivity contribution in [2.45, 2.75) is 24.9 Å². The highest BCUT2D eigenvalue weighted by Gasteiger charge is 2.31. The first-order valence-corrected chi connectivity index (χ1v) is 8.11. The summed E-state index contributed by atoms with van der Waals surface area (Å²) in [5.74, 6) is 1.13. The van der Waals surface area contributed by atoms with Crippen molar-refractivity contribution in [3.8, 4) is 5.75 Å². The van der Waals surface area contributed by atoms with Crippen molar-refractivity contribution in [3.63, 3.8) is 0 Å². The molecule has 0 atom stereocenters. The lowest BCUT2D eigenvalue weighted by Gasteiger charge is -2.27. The standard InChI is InChI=1S/C14H17N3O3S/c1-11-3-4-12(20-2)13(9-11)21(18,19)17-8-7-16-6-5-15-14(16)10-17/h3-6,9H,7-8,10H2,1-2H3. The molecule has 0 unspecified atom stereocenters. The quantitative estimate of drug-likeness (QED) is 0.860. The Morgan fingerprint density at radius 3 is 2.86 bits per heavy atom. The number of aromatic nitrogens is 2. The number of benzene rings is 1. The van der Waals surface area contributed by atoms with Gasteiger partial charge in [-0.05, 0) is 24.6 Å². The minimum absolute atomic E-state index is 0.213. The monoisotopic (exact) mass is 307 g/mol. The summed E-state index contributed by atoms with van der Waals surface area (Å²) in [7, 11) is -2.11. The third-order valence-electron chi connectivity index (χ3n) is 3.65. The van der Waals surface area contributed by atoms with E-state index in [0.29, 0.717) is 18.8 Å². The number of hydrogen-bond donors (Lipinski definition) is 0. The Bertz CT molecular complexity index is 768. The van der Waals surface area contributed by atoms with Crippen LogP contribution in [-0.4, -0.2) is 35.9 Å². The maximum Gasteiger partial charge on any atom is 0.247 e. The molecule has 0 saturated carbocycles. The normalized spacial score (nSPS) is 15.7. The van der Waals surface area contributed by atoms with Crippen molar-refractivity contribution in [1.82, 2.24) is 13.9 Å². The Balaban J connectivity index is 2.00. The van der Waals surface area contributed by atoms with E-state index in [1.54, 1.807) is 18.3 Å². The van der Waals surface area contributed by atoms with Crippen molar-refractivity contribution in [2.24, 2.45) is 0 Å². The lowest BCUT2D eigenvalue weighted by atomic mass is 10.2. The summed E-state index contributed by atoms with van der Waals surface area (Å²) in [6, 6.07) is 5.17. The molecule has 6 nitrogen and oxygen atoms in total. The van der Waals surface area contributed by atoms with Gasteiger partial charge in [0.2, 0.25) is 10.0 Å². The minimum Gasteiger partial charge on any atom is -0.495 e. The summed E-state index contributed by atoms with van der Waals surface area (Å²) in [5, 5.41) is 0. The number of methoxy groups -OCH3 is 1. The predicted molar refractivity (Wildman–Crippen MR) is 77.6 cm³/mol. The molecule has 2 aromatic rings. The third kappa shape index (κ3) is 2.43. The van der Waals surface area contributed by atoms with Gasteiger partial charge in [-0.3, -0.25) is 0 Å². The molecule has 0 N–H and O–H groups in total. The fourth-order valence-corrected chi connectivity index (χ4v) is 4.11. The number of nitrogens with zero attached hydrogens (tertiary/aromatic N) is 3. The van der Waals surface area contributed by atoms with Crippen molar-refractivity contribution < 1.29 is 13.2 Å². The minimum atomic E-state index is -3.59. The van der Waals surface area contributed by atoms with E-state index >= 15 is 0 Å². The van der Waals surface area contributed by atoms with Gasteiger partial charge >= 0.3 is 0 Å². The Labute approximate surface area is 124 Å². The Hall–Kier alpha value is -1.86. The summed E-state index contributed by atoms with van der Waals surface area (Å²) in [5.41, 5.74) is 0.882. The molecule has 1 aliphatic rings. The molecule has 0 spiro atoms. The number of rotatable bonds is 3. The first-order chi connectivity index (χ1) is 10.0. The summed E-state index contributed by atoms with van der Waals surface area (Å²) in [4.78, 5) is 4.41. The van der Waals surface area contributed by atoms with Crippen LogP contribution < -0.4 is 4.74 Å². The largest absolute Gasteiger partial charge is 0.495 e. The summed E-state index contributed by atoms with van der Waals surface area (Å²) < 4.78 is 34.3. The number of aryl methyl sites for hydroxylation is 1. The van der Waals surface area contributed by atoms with E-state index in [-0.39, 0.29) is 11.4 Å². The zero-order chi connectivity index (χ0) is 15.0. The van der Waals surface area contributed by atoms with Crippen LogP contribution in [0.4, 0.5) is 0 Å². The number of sulfonamides is 1. The van der Waals surface area contributed by atoms with E-state index in [9.17, 15) is 8.42 Å². The number of fused-ring (bicyclic) bond motifs is 1. The maximum absolute atomic E-state index is 12.9. The van der Waals surface area contributed by atoms with Crippen LogP contribution >= 0.6 is 0 Å². The molecule has 0 amide bonds. The molecule has 0 saturated heterocycles. The molecule has 0 bridgehead atoms. The SMILES string of the molecule is COc1ccc(C)cc1S(=O)(=O)N1CCn2ccnc2C1. The van der Waals surface area contributed by atoms with Crippen LogP contribution in [-0.2, 0) is 23.1 Å². The van der Waals surface area contributed by atoms with E-state index in [4.69, 9.17) is 4.74 Å². The van der Waals surface area contributed by atoms with Crippen LogP contribution in [0, 0.1) is 6.92 Å². The molecule has 1 aliphatic heterocycles. The topological polar surface area (TPSA) is 64.4 Å². The van der Waals surface area contributed by atoms with E-state index in [1.165, 1.54) is 11.4 Å². The lowest BCUT2D eigenvalue weighted by Crippen LogP contribution is -2.38. The summed E-state index contributed by atoms with van der Waals surface area (Å²) >= 11 is 0. The molecule has 3 rings (SSSR count). The molecule has 0 radical (unpaired) electrons. The van der Waals surface area contributed by atoms with Gasteiger partial charge in [-0.25, -0.2) is 13.4 Å². The first-order valence-electron chi connectivity index (χ1n) is 6.67. The molecule has 112 valence electrons. The Morgan fingerprint density at radius 2 is 2.10 bits per heavy atom. The van der Waals surface area contributed by atoms with Gasteiger partial charge in [0.25, 0.3) is 0 Å². The van der Waals surface area contributed by atoms with Crippen molar-refractivity contribution in [1.29, 1.82) is 0 Å². The molecular weight excluding hydrogens is 290 g/mol. The molecule has 7 heteroatoms. The van der Waals surface area contributed by atoms with E-state index in [2.05, 4.69) is 4.98 Å². The van der Waals surface area contributed by atoms with Crippen LogP contribution in [0.25, 0.3) is 0 Å².